The third kappa shape index (κ3) is 3.32. The zero-order chi connectivity index (χ0) is 24.3. The number of likely N-dealkylation sites (N-methyl/N-ethyl adjacent to an activating group) is 1. The minimum Gasteiger partial charge on any atom is -0.454 e. The molecule has 10 heteroatoms. The normalized spacial score (nSPS) is 32.5. The largest absolute Gasteiger partial charge is 0.454 e. The summed E-state index contributed by atoms with van der Waals surface area (Å²) in [5.41, 5.74) is -0.496. The van der Waals surface area contributed by atoms with Crippen LogP contribution < -0.4 is 9.47 Å². The summed E-state index contributed by atoms with van der Waals surface area (Å²) in [4.78, 5) is 41.2. The van der Waals surface area contributed by atoms with Crippen molar-refractivity contribution in [1.82, 2.24) is 9.80 Å². The van der Waals surface area contributed by atoms with E-state index < -0.39 is 21.2 Å². The first-order chi connectivity index (χ1) is 15.4. The number of carbonyl (C=O) groups is 3. The van der Waals surface area contributed by atoms with Crippen LogP contribution in [0.3, 0.4) is 0 Å². The molecule has 2 amide bonds. The number of piperazine rings is 1. The number of amides is 2. The fraction of sp³-hybridized carbons (Fsp3) is 0.478. The second-order valence-corrected chi connectivity index (χ2v) is 12.1. The van der Waals surface area contributed by atoms with Gasteiger partial charge >= 0.3 is 0 Å². The van der Waals surface area contributed by atoms with Crippen LogP contribution in [-0.4, -0.2) is 50.3 Å². The van der Waals surface area contributed by atoms with Crippen molar-refractivity contribution in [2.45, 2.75) is 49.9 Å². The second-order valence-electron chi connectivity index (χ2n) is 8.93. The average Bonchev–Trinajstić information content (AvgIpc) is 3.30. The quantitative estimate of drug-likeness (QED) is 0.635. The molecular formula is C23H25N3O5S2. The number of benzene rings is 1. The number of carbonyl (C=O) groups excluding carboxylic acids is 3. The smallest absolute Gasteiger partial charge is 0.261 e. The van der Waals surface area contributed by atoms with Crippen molar-refractivity contribution in [3.63, 3.8) is 0 Å². The lowest BCUT2D eigenvalue weighted by Gasteiger charge is -2.53. The van der Waals surface area contributed by atoms with Gasteiger partial charge in [0.15, 0.2) is 26.4 Å². The lowest BCUT2D eigenvalue weighted by atomic mass is 9.79. The average molecular weight is 488 g/mol. The predicted molar refractivity (Wildman–Crippen MR) is 125 cm³/mol. The standard InChI is InChI=1S/C23H25N3O5S2/c1-13(2)32-22(5)19(28)26-18(15-7-8-16-17(9-15)31-12-30-16)21(4,11-24)10-23(26,33-14(3)27)20(29)25(22)6/h7-9,18H,1,10,12H2,2-6H3/t18?,21-,22+,23+/m1/s1. The van der Waals surface area contributed by atoms with Crippen LogP contribution >= 0.6 is 23.5 Å². The molecule has 1 aromatic carbocycles. The van der Waals surface area contributed by atoms with Crippen molar-refractivity contribution in [1.29, 1.82) is 5.26 Å². The van der Waals surface area contributed by atoms with E-state index in [0.29, 0.717) is 22.0 Å². The maximum Gasteiger partial charge on any atom is 0.261 e. The number of ether oxygens (including phenoxy) is 2. The molecule has 8 nitrogen and oxygen atoms in total. The van der Waals surface area contributed by atoms with Gasteiger partial charge in [0.1, 0.15) is 0 Å². The number of nitrogens with zero attached hydrogens (tertiary/aromatic N) is 3. The molecule has 174 valence electrons. The lowest BCUT2D eigenvalue weighted by Crippen LogP contribution is -2.71. The van der Waals surface area contributed by atoms with Gasteiger partial charge in [-0.3, -0.25) is 14.4 Å². The first-order valence-corrected chi connectivity index (χ1v) is 12.0. The van der Waals surface area contributed by atoms with E-state index >= 15 is 0 Å². The van der Waals surface area contributed by atoms with E-state index in [1.54, 1.807) is 46.0 Å². The highest BCUT2D eigenvalue weighted by molar-refractivity contribution is 8.15. The maximum atomic E-state index is 14.2. The Morgan fingerprint density at radius 3 is 2.45 bits per heavy atom. The Labute approximate surface area is 201 Å². The van der Waals surface area contributed by atoms with E-state index in [9.17, 15) is 19.6 Å². The fourth-order valence-electron chi connectivity index (χ4n) is 4.97. The summed E-state index contributed by atoms with van der Waals surface area (Å²) in [6.45, 7) is 10.5. The molecule has 0 saturated carbocycles. The van der Waals surface area contributed by atoms with Crippen molar-refractivity contribution < 1.29 is 23.9 Å². The minimum absolute atomic E-state index is 0.0165. The van der Waals surface area contributed by atoms with Crippen LogP contribution in [0.15, 0.2) is 29.7 Å². The summed E-state index contributed by atoms with van der Waals surface area (Å²) < 4.78 is 10.9. The van der Waals surface area contributed by atoms with Gasteiger partial charge in [0, 0.05) is 20.4 Å². The summed E-state index contributed by atoms with van der Waals surface area (Å²) in [6, 6.07) is 6.83. The van der Waals surface area contributed by atoms with Crippen LogP contribution in [0.25, 0.3) is 0 Å². The Hall–Kier alpha value is -2.64. The third-order valence-corrected chi connectivity index (χ3v) is 8.74. The van der Waals surface area contributed by atoms with Crippen LogP contribution in [0, 0.1) is 16.7 Å². The summed E-state index contributed by atoms with van der Waals surface area (Å²) in [6.07, 6.45) is 0.0165. The molecule has 33 heavy (non-hydrogen) atoms. The summed E-state index contributed by atoms with van der Waals surface area (Å²) >= 11 is 1.99. The predicted octanol–water partition coefficient (Wildman–Crippen LogP) is 3.65. The van der Waals surface area contributed by atoms with Crippen molar-refractivity contribution in [3.8, 4) is 17.6 Å². The van der Waals surface area contributed by atoms with Gasteiger partial charge in [0.05, 0.1) is 17.5 Å². The number of hydrogen-bond acceptors (Lipinski definition) is 8. The van der Waals surface area contributed by atoms with Gasteiger partial charge in [-0.05, 0) is 55.1 Å². The number of hydrogen-bond donors (Lipinski definition) is 0. The molecule has 0 spiro atoms. The molecule has 1 unspecified atom stereocenters. The summed E-state index contributed by atoms with van der Waals surface area (Å²) in [5.74, 6) is 0.344. The number of allylic oxidation sites excluding steroid dienone is 1. The molecule has 1 aromatic rings. The molecule has 2 saturated heterocycles. The zero-order valence-corrected chi connectivity index (χ0v) is 20.8. The van der Waals surface area contributed by atoms with E-state index in [4.69, 9.17) is 9.47 Å². The van der Waals surface area contributed by atoms with E-state index in [2.05, 4.69) is 12.6 Å². The lowest BCUT2D eigenvalue weighted by molar-refractivity contribution is -0.163. The molecule has 0 N–H and O–H groups in total. The Morgan fingerprint density at radius 1 is 1.18 bits per heavy atom. The number of thioether (sulfide) groups is 2. The maximum absolute atomic E-state index is 14.2. The van der Waals surface area contributed by atoms with Gasteiger partial charge in [-0.1, -0.05) is 24.4 Å². The first-order valence-electron chi connectivity index (χ1n) is 10.4. The molecular weight excluding hydrogens is 462 g/mol. The van der Waals surface area contributed by atoms with Crippen molar-refractivity contribution in [2.24, 2.45) is 5.41 Å². The Balaban J connectivity index is 1.96. The Morgan fingerprint density at radius 2 is 1.85 bits per heavy atom. The van der Waals surface area contributed by atoms with Crippen LogP contribution in [-0.2, 0) is 14.4 Å². The molecule has 3 aliphatic heterocycles. The molecule has 0 aliphatic carbocycles. The van der Waals surface area contributed by atoms with E-state index in [-0.39, 0.29) is 30.1 Å². The number of fused-ring (bicyclic) bond motifs is 2. The second kappa shape index (κ2) is 7.71. The fourth-order valence-corrected chi connectivity index (χ4v) is 7.42. The van der Waals surface area contributed by atoms with E-state index in [1.807, 2.05) is 0 Å². The minimum atomic E-state index is -1.53. The van der Waals surface area contributed by atoms with E-state index in [0.717, 1.165) is 11.8 Å². The molecule has 0 bridgehead atoms. The van der Waals surface area contributed by atoms with Gasteiger partial charge in [0.2, 0.25) is 6.79 Å². The first kappa shape index (κ1) is 23.5. The van der Waals surface area contributed by atoms with Crippen LogP contribution in [0.5, 0.6) is 11.5 Å². The highest BCUT2D eigenvalue weighted by Gasteiger charge is 2.71. The van der Waals surface area contributed by atoms with Crippen molar-refractivity contribution in [2.75, 3.05) is 13.8 Å². The number of rotatable bonds is 4. The van der Waals surface area contributed by atoms with Gasteiger partial charge in [-0.2, -0.15) is 5.26 Å². The summed E-state index contributed by atoms with van der Waals surface area (Å²) in [5, 5.41) is 9.97. The van der Waals surface area contributed by atoms with Gasteiger partial charge in [-0.15, -0.1) is 0 Å². The molecule has 2 fully saturated rings. The topological polar surface area (TPSA) is 99.9 Å². The Kier molecular flexibility index (Phi) is 5.49. The summed E-state index contributed by atoms with van der Waals surface area (Å²) in [7, 11) is 1.56. The van der Waals surface area contributed by atoms with E-state index in [1.165, 1.54) is 28.5 Å². The van der Waals surface area contributed by atoms with Crippen LogP contribution in [0.1, 0.15) is 45.7 Å². The zero-order valence-electron chi connectivity index (χ0n) is 19.1. The highest BCUT2D eigenvalue weighted by Crippen LogP contribution is 2.62. The van der Waals surface area contributed by atoms with Gasteiger partial charge in [0.25, 0.3) is 11.8 Å². The monoisotopic (exact) mass is 487 g/mol. The molecule has 4 rings (SSSR count). The third-order valence-electron chi connectivity index (χ3n) is 6.41. The molecule has 3 aliphatic rings. The SMILES string of the molecule is C=C(C)S[C@@]1(C)C(=O)N2C(c3ccc4c(c3)OCO4)[C@@](C)(C#N)C[C@]2(SC(C)=O)C(=O)N1C. The molecule has 3 heterocycles. The highest BCUT2D eigenvalue weighted by atomic mass is 32.2. The molecule has 0 radical (unpaired) electrons. The molecule has 4 atom stereocenters. The number of nitriles is 1. The van der Waals surface area contributed by atoms with Gasteiger partial charge < -0.3 is 19.3 Å². The van der Waals surface area contributed by atoms with Crippen LogP contribution in [0.4, 0.5) is 0 Å². The Bertz CT molecular complexity index is 1130. The van der Waals surface area contributed by atoms with Gasteiger partial charge in [-0.25, -0.2) is 0 Å². The van der Waals surface area contributed by atoms with Crippen LogP contribution in [0.2, 0.25) is 0 Å². The van der Waals surface area contributed by atoms with Crippen molar-refractivity contribution in [3.05, 3.63) is 35.2 Å². The molecule has 0 aromatic heterocycles. The van der Waals surface area contributed by atoms with Crippen molar-refractivity contribution >= 4 is 40.5 Å².